The van der Waals surface area contributed by atoms with Crippen molar-refractivity contribution in [2.45, 2.75) is 26.7 Å². The van der Waals surface area contributed by atoms with Crippen LogP contribution in [-0.4, -0.2) is 83.9 Å². The molecule has 7 rings (SSSR count). The molecule has 1 aliphatic rings. The molecule has 288 valence electrons. The number of halogens is 4. The minimum atomic E-state index is -0.122. The highest BCUT2D eigenvalue weighted by atomic mass is 35.5. The number of piperazine rings is 1. The highest BCUT2D eigenvalue weighted by Gasteiger charge is 2.23. The maximum Gasteiger partial charge on any atom is 0.252 e. The summed E-state index contributed by atoms with van der Waals surface area (Å²) in [6, 6.07) is 26.0. The van der Waals surface area contributed by atoms with Crippen molar-refractivity contribution in [2.75, 3.05) is 52.4 Å². The number of carbonyl (C=O) groups excluding carboxylic acids is 2. The molecule has 1 fully saturated rings. The van der Waals surface area contributed by atoms with Gasteiger partial charge in [0.05, 0.1) is 43.6 Å². The molecule has 0 saturated carbocycles. The molecule has 0 aliphatic carbocycles. The fourth-order valence-corrected chi connectivity index (χ4v) is 8.51. The first-order valence-corrected chi connectivity index (χ1v) is 20.3. The summed E-state index contributed by atoms with van der Waals surface area (Å²) in [5, 5.41) is 10.00. The first-order valence-electron chi connectivity index (χ1n) is 18.8. The van der Waals surface area contributed by atoms with Crippen LogP contribution in [0.15, 0.2) is 84.9 Å². The summed E-state index contributed by atoms with van der Waals surface area (Å²) < 4.78 is 0. The predicted octanol–water partition coefficient (Wildman–Crippen LogP) is 9.91. The van der Waals surface area contributed by atoms with E-state index < -0.39 is 0 Å². The maximum atomic E-state index is 13.7. The molecule has 2 amide bonds. The van der Waals surface area contributed by atoms with Gasteiger partial charge in [-0.2, -0.15) is 0 Å². The number of para-hydroxylation sites is 2. The topological polar surface area (TPSA) is 90.5 Å². The third kappa shape index (κ3) is 8.81. The lowest BCUT2D eigenvalue weighted by Gasteiger charge is -2.34. The summed E-state index contributed by atoms with van der Waals surface area (Å²) in [6.07, 6.45) is 1.68. The minimum absolute atomic E-state index is 0.122. The second-order valence-corrected chi connectivity index (χ2v) is 15.8. The number of hydrogen-bond donors (Lipinski definition) is 2. The fourth-order valence-electron chi connectivity index (χ4n) is 7.51. The van der Waals surface area contributed by atoms with Crippen molar-refractivity contribution >= 4 is 80.0 Å². The quantitative estimate of drug-likeness (QED) is 0.120. The molecule has 8 nitrogen and oxygen atoms in total. The van der Waals surface area contributed by atoms with Crippen LogP contribution in [0.2, 0.25) is 20.1 Å². The number of benzene rings is 4. The molecule has 56 heavy (non-hydrogen) atoms. The Hall–Kier alpha value is -4.28. The van der Waals surface area contributed by atoms with Crippen molar-refractivity contribution in [1.29, 1.82) is 0 Å². The van der Waals surface area contributed by atoms with Gasteiger partial charge >= 0.3 is 0 Å². The maximum absolute atomic E-state index is 13.7. The van der Waals surface area contributed by atoms with E-state index in [0.717, 1.165) is 96.2 Å². The van der Waals surface area contributed by atoms with E-state index in [9.17, 15) is 9.59 Å². The van der Waals surface area contributed by atoms with Gasteiger partial charge in [0.15, 0.2) is 0 Å². The Morgan fingerprint density at radius 3 is 1.38 bits per heavy atom. The number of aromatic nitrogens is 2. The van der Waals surface area contributed by atoms with Crippen LogP contribution in [0.25, 0.3) is 44.3 Å². The summed E-state index contributed by atoms with van der Waals surface area (Å²) in [5.74, 6) is -0.244. The number of carbonyl (C=O) groups is 2. The van der Waals surface area contributed by atoms with Crippen LogP contribution in [0.3, 0.4) is 0 Å². The summed E-state index contributed by atoms with van der Waals surface area (Å²) in [5.41, 5.74) is 7.05. The van der Waals surface area contributed by atoms with Gasteiger partial charge < -0.3 is 20.4 Å². The average Bonchev–Trinajstić information content (AvgIpc) is 3.18. The number of nitrogens with one attached hydrogen (secondary N) is 2. The molecule has 12 heteroatoms. The van der Waals surface area contributed by atoms with E-state index in [0.29, 0.717) is 55.7 Å². The van der Waals surface area contributed by atoms with Gasteiger partial charge in [-0.3, -0.25) is 9.59 Å². The Morgan fingerprint density at radius 1 is 0.589 bits per heavy atom. The summed E-state index contributed by atoms with van der Waals surface area (Å²) in [7, 11) is 0. The number of pyridine rings is 2. The monoisotopic (exact) mass is 826 g/mol. The van der Waals surface area contributed by atoms with Gasteiger partial charge in [0.1, 0.15) is 0 Å². The Kier molecular flexibility index (Phi) is 12.8. The van der Waals surface area contributed by atoms with Crippen LogP contribution in [-0.2, 0) is 0 Å². The van der Waals surface area contributed by atoms with Crippen LogP contribution >= 0.6 is 46.4 Å². The van der Waals surface area contributed by atoms with E-state index in [4.69, 9.17) is 56.4 Å². The molecule has 0 spiro atoms. The molecular formula is C44H42Cl4N6O2. The van der Waals surface area contributed by atoms with Crippen molar-refractivity contribution in [1.82, 2.24) is 30.4 Å². The second-order valence-electron chi connectivity index (χ2n) is 14.1. The standard InChI is InChI=1S/C44H42Cl4N6O2/c1-27-39(33-9-3-5-11-37(33)51-41(27)31-15-13-29(45)25-35(31)47)43(55)49-17-7-19-53-21-23-54(24-22-53)20-8-18-50-44(56)40-28(2)42(32-16-14-30(46)26-36(32)48)52-38-12-6-4-10-34(38)40/h3-6,9-16,25-26H,7-8,17-24H2,1-2H3,(H,49,55)(H,50,56). The van der Waals surface area contributed by atoms with E-state index in [-0.39, 0.29) is 11.8 Å². The minimum Gasteiger partial charge on any atom is -0.352 e. The summed E-state index contributed by atoms with van der Waals surface area (Å²) >= 11 is 25.4. The highest BCUT2D eigenvalue weighted by molar-refractivity contribution is 6.37. The lowest BCUT2D eigenvalue weighted by Crippen LogP contribution is -2.47. The third-order valence-corrected chi connectivity index (χ3v) is 11.5. The van der Waals surface area contributed by atoms with E-state index >= 15 is 0 Å². The lowest BCUT2D eigenvalue weighted by molar-refractivity contribution is 0.0935. The zero-order valence-corrected chi connectivity index (χ0v) is 34.3. The van der Waals surface area contributed by atoms with Crippen LogP contribution in [0.1, 0.15) is 44.7 Å². The van der Waals surface area contributed by atoms with Crippen LogP contribution in [0.4, 0.5) is 0 Å². The highest BCUT2D eigenvalue weighted by Crippen LogP contribution is 2.36. The van der Waals surface area contributed by atoms with Gasteiger partial charge in [-0.1, -0.05) is 82.8 Å². The molecule has 0 unspecified atom stereocenters. The normalized spacial score (nSPS) is 13.7. The molecule has 0 bridgehead atoms. The fraction of sp³-hybridized carbons (Fsp3) is 0.273. The Labute approximate surface area is 347 Å². The zero-order valence-electron chi connectivity index (χ0n) is 31.3. The zero-order chi connectivity index (χ0) is 39.3. The van der Waals surface area contributed by atoms with Crippen molar-refractivity contribution in [3.8, 4) is 22.5 Å². The van der Waals surface area contributed by atoms with Crippen molar-refractivity contribution in [3.63, 3.8) is 0 Å². The van der Waals surface area contributed by atoms with Gasteiger partial charge in [0.2, 0.25) is 0 Å². The van der Waals surface area contributed by atoms with E-state index in [1.165, 1.54) is 0 Å². The number of rotatable bonds is 12. The van der Waals surface area contributed by atoms with Gasteiger partial charge in [0.25, 0.3) is 11.8 Å². The molecule has 0 radical (unpaired) electrons. The molecule has 6 aromatic rings. The van der Waals surface area contributed by atoms with Crippen molar-refractivity contribution in [3.05, 3.63) is 127 Å². The Morgan fingerprint density at radius 2 is 0.982 bits per heavy atom. The van der Waals surface area contributed by atoms with Gasteiger partial charge in [-0.25, -0.2) is 9.97 Å². The average molecular weight is 829 g/mol. The number of nitrogens with zero attached hydrogens (tertiary/aromatic N) is 4. The molecule has 3 heterocycles. The van der Waals surface area contributed by atoms with Crippen LogP contribution in [0.5, 0.6) is 0 Å². The molecule has 2 aromatic heterocycles. The van der Waals surface area contributed by atoms with Crippen LogP contribution < -0.4 is 10.6 Å². The van der Waals surface area contributed by atoms with Gasteiger partial charge in [-0.15, -0.1) is 0 Å². The molecule has 2 N–H and O–H groups in total. The van der Waals surface area contributed by atoms with E-state index in [1.54, 1.807) is 24.3 Å². The molecule has 4 aromatic carbocycles. The van der Waals surface area contributed by atoms with Gasteiger partial charge in [0, 0.05) is 71.2 Å². The SMILES string of the molecule is Cc1c(-c2ccc(Cl)cc2Cl)nc2ccccc2c1C(=O)NCCCN1CCN(CCCNC(=O)c2c(C)c(-c3ccc(Cl)cc3Cl)nc3ccccc23)CC1. The third-order valence-electron chi connectivity index (χ3n) is 10.4. The first kappa shape index (κ1) is 39.9. The second kappa shape index (κ2) is 17.9. The number of fused-ring (bicyclic) bond motifs is 2. The number of hydrogen-bond acceptors (Lipinski definition) is 6. The molecule has 1 aliphatic heterocycles. The molecule has 0 atom stereocenters. The van der Waals surface area contributed by atoms with E-state index in [2.05, 4.69) is 20.4 Å². The van der Waals surface area contributed by atoms with Crippen LogP contribution in [0, 0.1) is 13.8 Å². The van der Waals surface area contributed by atoms with Crippen molar-refractivity contribution < 1.29 is 9.59 Å². The molecular weight excluding hydrogens is 786 g/mol. The van der Waals surface area contributed by atoms with Gasteiger partial charge in [-0.05, 0) is 99.4 Å². The summed E-state index contributed by atoms with van der Waals surface area (Å²) in [4.78, 5) is 42.0. The Balaban J connectivity index is 0.882. The Bertz CT molecular complexity index is 2260. The van der Waals surface area contributed by atoms with E-state index in [1.807, 2.05) is 74.5 Å². The van der Waals surface area contributed by atoms with Crippen molar-refractivity contribution in [2.24, 2.45) is 0 Å². The number of amides is 2. The summed E-state index contributed by atoms with van der Waals surface area (Å²) in [6.45, 7) is 10.6. The molecule has 1 saturated heterocycles. The predicted molar refractivity (Wildman–Crippen MR) is 231 cm³/mol. The first-order chi connectivity index (χ1) is 27.1. The largest absolute Gasteiger partial charge is 0.352 e. The smallest absolute Gasteiger partial charge is 0.252 e. The lowest BCUT2D eigenvalue weighted by atomic mass is 9.97.